The second-order valence-electron chi connectivity index (χ2n) is 6.38. The summed E-state index contributed by atoms with van der Waals surface area (Å²) in [6.45, 7) is 0.870. The van der Waals surface area contributed by atoms with Crippen LogP contribution in [0.1, 0.15) is 38.0 Å². The van der Waals surface area contributed by atoms with Crippen LogP contribution in [0.2, 0.25) is 0 Å². The molecule has 138 valence electrons. The normalized spacial score (nSPS) is 14.3. The molecule has 2 heterocycles. The van der Waals surface area contributed by atoms with Crippen molar-refractivity contribution in [1.82, 2.24) is 25.8 Å². The number of hydrogen-bond acceptors (Lipinski definition) is 6. The maximum absolute atomic E-state index is 11.9. The van der Waals surface area contributed by atoms with E-state index in [1.165, 1.54) is 0 Å². The molecule has 0 aromatic carbocycles. The lowest BCUT2D eigenvalue weighted by Crippen LogP contribution is -2.37. The number of pyridine rings is 1. The van der Waals surface area contributed by atoms with Crippen LogP contribution in [0.4, 0.5) is 0 Å². The third kappa shape index (κ3) is 5.11. The molecule has 0 spiro atoms. The summed E-state index contributed by atoms with van der Waals surface area (Å²) in [5.74, 6) is 1.01. The molecule has 8 heteroatoms. The van der Waals surface area contributed by atoms with Gasteiger partial charge in [0.1, 0.15) is 0 Å². The van der Waals surface area contributed by atoms with Crippen LogP contribution in [-0.4, -0.2) is 40.0 Å². The second kappa shape index (κ2) is 9.07. The minimum absolute atomic E-state index is 0.102. The van der Waals surface area contributed by atoms with Crippen molar-refractivity contribution in [2.24, 2.45) is 5.92 Å². The van der Waals surface area contributed by atoms with Crippen LogP contribution < -0.4 is 10.6 Å². The average molecular weight is 357 g/mol. The molecule has 1 fully saturated rings. The Balaban J connectivity index is 1.33. The fourth-order valence-electron chi connectivity index (χ4n) is 3.00. The number of amides is 2. The number of carbonyl (C=O) groups is 2. The zero-order chi connectivity index (χ0) is 18.2. The summed E-state index contributed by atoms with van der Waals surface area (Å²) in [5.41, 5.74) is 0.768. The number of aromatic nitrogens is 3. The summed E-state index contributed by atoms with van der Waals surface area (Å²) in [6, 6.07) is 3.64. The molecular weight excluding hydrogens is 334 g/mol. The third-order valence-corrected chi connectivity index (χ3v) is 4.43. The summed E-state index contributed by atoms with van der Waals surface area (Å²) in [7, 11) is 0. The first-order chi connectivity index (χ1) is 12.7. The number of hydrogen-bond donors (Lipinski definition) is 2. The van der Waals surface area contributed by atoms with Gasteiger partial charge in [-0.05, 0) is 25.0 Å². The molecular formula is C18H23N5O3. The standard InChI is InChI=1S/C18H23N5O3/c24-15(20-10-11-21-18(25)13-4-1-2-5-13)7-8-16-22-17(23-26-16)14-6-3-9-19-12-14/h3,6,9,12-13H,1-2,4-5,7-8,10-11H2,(H,20,24)(H,21,25). The van der Waals surface area contributed by atoms with Gasteiger partial charge < -0.3 is 15.2 Å². The third-order valence-electron chi connectivity index (χ3n) is 4.43. The number of rotatable bonds is 8. The van der Waals surface area contributed by atoms with E-state index in [4.69, 9.17) is 4.52 Å². The first kappa shape index (κ1) is 18.0. The fraction of sp³-hybridized carbons (Fsp3) is 0.500. The van der Waals surface area contributed by atoms with E-state index in [9.17, 15) is 9.59 Å². The topological polar surface area (TPSA) is 110 Å². The number of aryl methyl sites for hydroxylation is 1. The van der Waals surface area contributed by atoms with Gasteiger partial charge in [0.05, 0.1) is 0 Å². The van der Waals surface area contributed by atoms with Crippen LogP contribution in [0.15, 0.2) is 29.0 Å². The lowest BCUT2D eigenvalue weighted by Gasteiger charge is -2.10. The van der Waals surface area contributed by atoms with Crippen molar-refractivity contribution < 1.29 is 14.1 Å². The van der Waals surface area contributed by atoms with Crippen molar-refractivity contribution in [1.29, 1.82) is 0 Å². The zero-order valence-corrected chi connectivity index (χ0v) is 14.6. The molecule has 2 aromatic heterocycles. The highest BCUT2D eigenvalue weighted by Gasteiger charge is 2.21. The van der Waals surface area contributed by atoms with E-state index in [-0.39, 0.29) is 24.2 Å². The Bertz CT molecular complexity index is 725. The van der Waals surface area contributed by atoms with E-state index < -0.39 is 0 Å². The molecule has 3 rings (SSSR count). The molecule has 1 aliphatic rings. The minimum atomic E-state index is -0.110. The van der Waals surface area contributed by atoms with Crippen molar-refractivity contribution in [2.75, 3.05) is 13.1 Å². The average Bonchev–Trinajstić information content (AvgIpc) is 3.36. The van der Waals surface area contributed by atoms with Crippen LogP contribution in [0, 0.1) is 5.92 Å². The molecule has 1 aliphatic carbocycles. The lowest BCUT2D eigenvalue weighted by molar-refractivity contribution is -0.125. The summed E-state index contributed by atoms with van der Waals surface area (Å²) in [5, 5.41) is 9.55. The van der Waals surface area contributed by atoms with Crippen LogP contribution in [-0.2, 0) is 16.0 Å². The maximum atomic E-state index is 11.9. The number of nitrogens with one attached hydrogen (secondary N) is 2. The number of carbonyl (C=O) groups excluding carboxylic acids is 2. The van der Waals surface area contributed by atoms with Gasteiger partial charge in [-0.2, -0.15) is 4.98 Å². The summed E-state index contributed by atoms with van der Waals surface area (Å²) < 4.78 is 5.16. The molecule has 2 N–H and O–H groups in total. The van der Waals surface area contributed by atoms with Gasteiger partial charge in [0, 0.05) is 49.8 Å². The number of nitrogens with zero attached hydrogens (tertiary/aromatic N) is 3. The van der Waals surface area contributed by atoms with Crippen molar-refractivity contribution >= 4 is 11.8 Å². The van der Waals surface area contributed by atoms with E-state index >= 15 is 0 Å². The molecule has 2 aromatic rings. The van der Waals surface area contributed by atoms with Gasteiger partial charge in [0.25, 0.3) is 0 Å². The van der Waals surface area contributed by atoms with Gasteiger partial charge in [-0.3, -0.25) is 14.6 Å². The van der Waals surface area contributed by atoms with E-state index in [1.807, 2.05) is 6.07 Å². The largest absolute Gasteiger partial charge is 0.354 e. The van der Waals surface area contributed by atoms with E-state index in [1.54, 1.807) is 18.5 Å². The molecule has 0 radical (unpaired) electrons. The first-order valence-electron chi connectivity index (χ1n) is 9.00. The summed E-state index contributed by atoms with van der Waals surface area (Å²) in [6.07, 6.45) is 8.16. The monoisotopic (exact) mass is 357 g/mol. The van der Waals surface area contributed by atoms with Crippen molar-refractivity contribution in [3.63, 3.8) is 0 Å². The van der Waals surface area contributed by atoms with Gasteiger partial charge in [0.2, 0.25) is 23.5 Å². The smallest absolute Gasteiger partial charge is 0.227 e. The predicted molar refractivity (Wildman–Crippen MR) is 93.8 cm³/mol. The van der Waals surface area contributed by atoms with Crippen molar-refractivity contribution in [2.45, 2.75) is 38.5 Å². The quantitative estimate of drug-likeness (QED) is 0.693. The molecule has 0 bridgehead atoms. The van der Waals surface area contributed by atoms with Crippen LogP contribution in [0.3, 0.4) is 0 Å². The first-order valence-corrected chi connectivity index (χ1v) is 9.00. The van der Waals surface area contributed by atoms with Gasteiger partial charge >= 0.3 is 0 Å². The molecule has 0 unspecified atom stereocenters. The Morgan fingerprint density at radius 1 is 1.19 bits per heavy atom. The van der Waals surface area contributed by atoms with Gasteiger partial charge in [-0.15, -0.1) is 0 Å². The van der Waals surface area contributed by atoms with E-state index in [2.05, 4.69) is 25.8 Å². The summed E-state index contributed by atoms with van der Waals surface area (Å²) >= 11 is 0. The Morgan fingerprint density at radius 3 is 2.77 bits per heavy atom. The molecule has 8 nitrogen and oxygen atoms in total. The highest BCUT2D eigenvalue weighted by molar-refractivity contribution is 5.79. The molecule has 0 saturated heterocycles. The molecule has 2 amide bonds. The summed E-state index contributed by atoms with van der Waals surface area (Å²) in [4.78, 5) is 32.0. The van der Waals surface area contributed by atoms with E-state index in [0.717, 1.165) is 31.2 Å². The van der Waals surface area contributed by atoms with Crippen LogP contribution in [0.5, 0.6) is 0 Å². The zero-order valence-electron chi connectivity index (χ0n) is 14.6. The Morgan fingerprint density at radius 2 is 2.00 bits per heavy atom. The SMILES string of the molecule is O=C(CCc1nc(-c2cccnc2)no1)NCCNC(=O)C1CCCC1. The molecule has 1 saturated carbocycles. The maximum Gasteiger partial charge on any atom is 0.227 e. The lowest BCUT2D eigenvalue weighted by atomic mass is 10.1. The highest BCUT2D eigenvalue weighted by atomic mass is 16.5. The Hall–Kier alpha value is -2.77. The molecule has 0 atom stereocenters. The van der Waals surface area contributed by atoms with Gasteiger partial charge in [-0.1, -0.05) is 18.0 Å². The molecule has 26 heavy (non-hydrogen) atoms. The van der Waals surface area contributed by atoms with Gasteiger partial charge in [-0.25, -0.2) is 0 Å². The second-order valence-corrected chi connectivity index (χ2v) is 6.38. The van der Waals surface area contributed by atoms with Crippen molar-refractivity contribution in [3.05, 3.63) is 30.4 Å². The Labute approximate surface area is 151 Å². The molecule has 0 aliphatic heterocycles. The van der Waals surface area contributed by atoms with Crippen LogP contribution >= 0.6 is 0 Å². The van der Waals surface area contributed by atoms with Gasteiger partial charge in [0.15, 0.2) is 0 Å². The van der Waals surface area contributed by atoms with Crippen LogP contribution in [0.25, 0.3) is 11.4 Å². The highest BCUT2D eigenvalue weighted by Crippen LogP contribution is 2.24. The minimum Gasteiger partial charge on any atom is -0.354 e. The van der Waals surface area contributed by atoms with Crippen molar-refractivity contribution in [3.8, 4) is 11.4 Å². The Kier molecular flexibility index (Phi) is 6.29. The fourth-order valence-corrected chi connectivity index (χ4v) is 3.00. The predicted octanol–water partition coefficient (Wildman–Crippen LogP) is 1.49. The van der Waals surface area contributed by atoms with E-state index in [0.29, 0.717) is 31.2 Å².